The number of thioether (sulfide) groups is 1. The minimum absolute atomic E-state index is 0.143. The van der Waals surface area contributed by atoms with Crippen molar-refractivity contribution in [1.82, 2.24) is 14.8 Å². The summed E-state index contributed by atoms with van der Waals surface area (Å²) >= 11 is 8.09. The van der Waals surface area contributed by atoms with E-state index < -0.39 is 0 Å². The summed E-state index contributed by atoms with van der Waals surface area (Å²) < 4.78 is 7.37. The van der Waals surface area contributed by atoms with Crippen LogP contribution >= 0.6 is 23.4 Å². The van der Waals surface area contributed by atoms with Gasteiger partial charge in [0.05, 0.1) is 17.8 Å². The molecule has 0 spiro atoms. The van der Waals surface area contributed by atoms with Crippen LogP contribution in [0.5, 0.6) is 5.75 Å². The van der Waals surface area contributed by atoms with Crippen LogP contribution in [0, 0.1) is 0 Å². The van der Waals surface area contributed by atoms with Gasteiger partial charge >= 0.3 is 0 Å². The van der Waals surface area contributed by atoms with Gasteiger partial charge in [-0.2, -0.15) is 0 Å². The lowest BCUT2D eigenvalue weighted by atomic mass is 9.87. The molecule has 0 atom stereocenters. The Morgan fingerprint density at radius 1 is 0.938 bits per heavy atom. The van der Waals surface area contributed by atoms with E-state index in [4.69, 9.17) is 16.3 Å². The first kappa shape index (κ1) is 22.4. The number of halogens is 1. The molecular weight excluding hydrogens is 438 g/mol. The number of benzene rings is 3. The van der Waals surface area contributed by atoms with Crippen LogP contribution in [-0.4, -0.2) is 21.9 Å². The van der Waals surface area contributed by atoms with Gasteiger partial charge in [0.15, 0.2) is 11.0 Å². The van der Waals surface area contributed by atoms with E-state index in [1.54, 1.807) is 18.9 Å². The minimum atomic E-state index is 0.143. The predicted octanol–water partition coefficient (Wildman–Crippen LogP) is 7.19. The van der Waals surface area contributed by atoms with Gasteiger partial charge in [-0.05, 0) is 34.7 Å². The third-order valence-corrected chi connectivity index (χ3v) is 6.54. The number of ether oxygens (including phenoxy) is 1. The van der Waals surface area contributed by atoms with Crippen LogP contribution in [0.4, 0.5) is 0 Å². The van der Waals surface area contributed by atoms with Crippen LogP contribution < -0.4 is 4.74 Å². The average molecular weight is 464 g/mol. The number of aromatic nitrogens is 3. The van der Waals surface area contributed by atoms with Gasteiger partial charge in [-0.15, -0.1) is 10.2 Å². The van der Waals surface area contributed by atoms with Crippen molar-refractivity contribution < 1.29 is 4.74 Å². The maximum Gasteiger partial charge on any atom is 0.196 e. The van der Waals surface area contributed by atoms with Gasteiger partial charge in [0.2, 0.25) is 0 Å². The van der Waals surface area contributed by atoms with E-state index in [-0.39, 0.29) is 5.41 Å². The van der Waals surface area contributed by atoms with Crippen molar-refractivity contribution in [3.05, 3.63) is 88.9 Å². The molecule has 4 rings (SSSR count). The van der Waals surface area contributed by atoms with Crippen LogP contribution in [-0.2, 0) is 11.2 Å². The van der Waals surface area contributed by atoms with Gasteiger partial charge in [-0.1, -0.05) is 98.7 Å². The first-order valence-corrected chi connectivity index (χ1v) is 11.8. The highest BCUT2D eigenvalue weighted by Gasteiger charge is 2.18. The Labute approximate surface area is 198 Å². The fourth-order valence-corrected chi connectivity index (χ4v) is 4.57. The highest BCUT2D eigenvalue weighted by molar-refractivity contribution is 7.98. The first-order chi connectivity index (χ1) is 15.4. The Morgan fingerprint density at radius 2 is 1.66 bits per heavy atom. The van der Waals surface area contributed by atoms with Crippen LogP contribution in [0.25, 0.3) is 17.1 Å². The molecule has 3 aromatic carbocycles. The van der Waals surface area contributed by atoms with Gasteiger partial charge in [0, 0.05) is 11.3 Å². The topological polar surface area (TPSA) is 39.9 Å². The zero-order valence-corrected chi connectivity index (χ0v) is 20.2. The summed E-state index contributed by atoms with van der Waals surface area (Å²) in [7, 11) is 1.61. The molecule has 4 nitrogen and oxygen atoms in total. The van der Waals surface area contributed by atoms with Crippen LogP contribution in [0.15, 0.2) is 78.0 Å². The molecule has 32 heavy (non-hydrogen) atoms. The van der Waals surface area contributed by atoms with Gasteiger partial charge in [0.25, 0.3) is 0 Å². The summed E-state index contributed by atoms with van der Waals surface area (Å²) in [4.78, 5) is 0. The SMILES string of the molecule is COc1ccc(-n2c(SCc3ccc(C(C)(C)C)cc3)nnc2-c2ccccc2)cc1Cl. The highest BCUT2D eigenvalue weighted by Crippen LogP contribution is 2.33. The van der Waals surface area contributed by atoms with Crippen molar-refractivity contribution in [2.45, 2.75) is 37.1 Å². The number of hydrogen-bond acceptors (Lipinski definition) is 4. The van der Waals surface area contributed by atoms with Gasteiger partial charge < -0.3 is 4.74 Å². The van der Waals surface area contributed by atoms with E-state index >= 15 is 0 Å². The van der Waals surface area contributed by atoms with E-state index in [0.29, 0.717) is 10.8 Å². The standard InChI is InChI=1S/C26H26ClN3OS/c1-26(2,3)20-12-10-18(11-13-20)17-32-25-29-28-24(19-8-6-5-7-9-19)30(25)21-14-15-23(31-4)22(27)16-21/h5-16H,17H2,1-4H3. The maximum atomic E-state index is 6.44. The molecule has 164 valence electrons. The summed E-state index contributed by atoms with van der Waals surface area (Å²) in [5.41, 5.74) is 4.60. The Balaban J connectivity index is 1.68. The summed E-state index contributed by atoms with van der Waals surface area (Å²) in [5, 5.41) is 10.4. The van der Waals surface area contributed by atoms with Gasteiger partial charge in [-0.25, -0.2) is 0 Å². The van der Waals surface area contributed by atoms with Crippen LogP contribution in [0.1, 0.15) is 31.9 Å². The molecule has 0 fully saturated rings. The van der Waals surface area contributed by atoms with Crippen molar-refractivity contribution in [2.24, 2.45) is 0 Å². The van der Waals surface area contributed by atoms with E-state index in [0.717, 1.165) is 28.0 Å². The smallest absolute Gasteiger partial charge is 0.196 e. The van der Waals surface area contributed by atoms with Crippen molar-refractivity contribution in [3.8, 4) is 22.8 Å². The third kappa shape index (κ3) is 4.84. The number of rotatable bonds is 6. The number of hydrogen-bond donors (Lipinski definition) is 0. The lowest BCUT2D eigenvalue weighted by Crippen LogP contribution is -2.10. The maximum absolute atomic E-state index is 6.44. The lowest BCUT2D eigenvalue weighted by Gasteiger charge is -2.19. The Kier molecular flexibility index (Phi) is 6.58. The molecule has 1 heterocycles. The second-order valence-corrected chi connectivity index (χ2v) is 9.91. The summed E-state index contributed by atoms with van der Waals surface area (Å²) in [6, 6.07) is 24.6. The van der Waals surface area contributed by atoms with Crippen molar-refractivity contribution in [3.63, 3.8) is 0 Å². The van der Waals surface area contributed by atoms with Crippen LogP contribution in [0.3, 0.4) is 0 Å². The molecular formula is C26H26ClN3OS. The quantitative estimate of drug-likeness (QED) is 0.284. The Hall–Kier alpha value is -2.76. The van der Waals surface area contributed by atoms with E-state index in [1.807, 2.05) is 48.5 Å². The molecule has 0 amide bonds. The van der Waals surface area contributed by atoms with E-state index in [2.05, 4.69) is 59.8 Å². The average Bonchev–Trinajstić information content (AvgIpc) is 3.22. The molecule has 0 unspecified atom stereocenters. The molecule has 1 aromatic heterocycles. The van der Waals surface area contributed by atoms with Gasteiger partial charge in [-0.3, -0.25) is 4.57 Å². The van der Waals surface area contributed by atoms with Gasteiger partial charge in [0.1, 0.15) is 5.75 Å². The first-order valence-electron chi connectivity index (χ1n) is 10.4. The lowest BCUT2D eigenvalue weighted by molar-refractivity contribution is 0.415. The molecule has 0 radical (unpaired) electrons. The number of methoxy groups -OCH3 is 1. The normalized spacial score (nSPS) is 11.5. The summed E-state index contributed by atoms with van der Waals surface area (Å²) in [6.07, 6.45) is 0. The van der Waals surface area contributed by atoms with E-state index in [1.165, 1.54) is 11.1 Å². The molecule has 0 N–H and O–H groups in total. The summed E-state index contributed by atoms with van der Waals surface area (Å²) in [5.74, 6) is 2.21. The van der Waals surface area contributed by atoms with Crippen molar-refractivity contribution in [1.29, 1.82) is 0 Å². The fraction of sp³-hybridized carbons (Fsp3) is 0.231. The second kappa shape index (κ2) is 9.39. The molecule has 0 aliphatic rings. The molecule has 0 aliphatic carbocycles. The largest absolute Gasteiger partial charge is 0.495 e. The predicted molar refractivity (Wildman–Crippen MR) is 133 cm³/mol. The third-order valence-electron chi connectivity index (χ3n) is 5.25. The zero-order valence-electron chi connectivity index (χ0n) is 18.7. The monoisotopic (exact) mass is 463 g/mol. The number of nitrogens with zero attached hydrogens (tertiary/aromatic N) is 3. The molecule has 0 saturated carbocycles. The molecule has 0 saturated heterocycles. The van der Waals surface area contributed by atoms with Crippen molar-refractivity contribution >= 4 is 23.4 Å². The highest BCUT2D eigenvalue weighted by atomic mass is 35.5. The molecule has 4 aromatic rings. The zero-order chi connectivity index (χ0) is 22.7. The second-order valence-electron chi connectivity index (χ2n) is 8.56. The molecule has 0 aliphatic heterocycles. The minimum Gasteiger partial charge on any atom is -0.495 e. The van der Waals surface area contributed by atoms with E-state index in [9.17, 15) is 0 Å². The molecule has 6 heteroatoms. The molecule has 0 bridgehead atoms. The van der Waals surface area contributed by atoms with Crippen molar-refractivity contribution in [2.75, 3.05) is 7.11 Å². The fourth-order valence-electron chi connectivity index (χ4n) is 3.41. The van der Waals surface area contributed by atoms with Crippen LogP contribution in [0.2, 0.25) is 5.02 Å². The summed E-state index contributed by atoms with van der Waals surface area (Å²) in [6.45, 7) is 6.68. The Bertz CT molecular complexity index is 1200. The Morgan fingerprint density at radius 3 is 2.28 bits per heavy atom.